The average Bonchev–Trinajstić information content (AvgIpc) is 2.39. The molecule has 2 N–H and O–H groups in total. The minimum absolute atomic E-state index is 0.430. The van der Waals surface area contributed by atoms with E-state index < -0.39 is 12.0 Å². The first-order valence-electron chi connectivity index (χ1n) is 3.10. The van der Waals surface area contributed by atoms with E-state index in [1.165, 1.54) is 13.2 Å². The van der Waals surface area contributed by atoms with Crippen LogP contribution >= 0.6 is 0 Å². The molecular weight excluding hydrogens is 148 g/mol. The predicted molar refractivity (Wildman–Crippen MR) is 37.2 cm³/mol. The zero-order valence-electron chi connectivity index (χ0n) is 5.94. The van der Waals surface area contributed by atoms with Crippen LogP contribution in [0.15, 0.2) is 16.9 Å². The van der Waals surface area contributed by atoms with Crippen LogP contribution in [0.1, 0.15) is 6.92 Å². The topological polar surface area (TPSA) is 75.4 Å². The zero-order chi connectivity index (χ0) is 8.27. The van der Waals surface area contributed by atoms with Crippen molar-refractivity contribution in [2.24, 2.45) is 0 Å². The van der Waals surface area contributed by atoms with Crippen LogP contribution in [0.2, 0.25) is 0 Å². The Morgan fingerprint density at radius 3 is 3.09 bits per heavy atom. The fraction of sp³-hybridized carbons (Fsp3) is 0.333. The fourth-order valence-electron chi connectivity index (χ4n) is 0.571. The highest BCUT2D eigenvalue weighted by atomic mass is 16.5. The Morgan fingerprint density at radius 1 is 1.91 bits per heavy atom. The van der Waals surface area contributed by atoms with E-state index in [4.69, 9.17) is 5.11 Å². The van der Waals surface area contributed by atoms with E-state index in [2.05, 4.69) is 15.0 Å². The molecule has 0 aliphatic carbocycles. The number of aromatic nitrogens is 1. The van der Waals surface area contributed by atoms with Gasteiger partial charge in [0, 0.05) is 6.07 Å². The van der Waals surface area contributed by atoms with E-state index in [0.717, 1.165) is 0 Å². The number of nitrogens with zero attached hydrogens (tertiary/aromatic N) is 1. The quantitative estimate of drug-likeness (QED) is 0.668. The van der Waals surface area contributed by atoms with E-state index in [1.54, 1.807) is 6.07 Å². The van der Waals surface area contributed by atoms with Gasteiger partial charge in [-0.25, -0.2) is 0 Å². The van der Waals surface area contributed by atoms with E-state index in [-0.39, 0.29) is 0 Å². The molecule has 1 unspecified atom stereocenters. The van der Waals surface area contributed by atoms with Gasteiger partial charge in [-0.1, -0.05) is 5.16 Å². The number of hydrogen-bond acceptors (Lipinski definition) is 4. The molecule has 0 amide bonds. The van der Waals surface area contributed by atoms with Crippen molar-refractivity contribution in [3.05, 3.63) is 12.3 Å². The Kier molecular flexibility index (Phi) is 2.10. The molecule has 0 spiro atoms. The molecule has 0 aliphatic heterocycles. The van der Waals surface area contributed by atoms with Gasteiger partial charge in [0.25, 0.3) is 0 Å². The van der Waals surface area contributed by atoms with Crippen molar-refractivity contribution in [2.75, 3.05) is 5.32 Å². The van der Waals surface area contributed by atoms with Crippen molar-refractivity contribution in [2.45, 2.75) is 13.0 Å². The number of aliphatic carboxylic acids is 1. The molecule has 60 valence electrons. The van der Waals surface area contributed by atoms with Crippen molar-refractivity contribution < 1.29 is 14.4 Å². The normalized spacial score (nSPS) is 12.5. The average molecular weight is 156 g/mol. The molecule has 0 saturated carbocycles. The molecule has 0 bridgehead atoms. The summed E-state index contributed by atoms with van der Waals surface area (Å²) >= 11 is 0. The van der Waals surface area contributed by atoms with Crippen molar-refractivity contribution >= 4 is 11.8 Å². The third-order valence-electron chi connectivity index (χ3n) is 1.17. The van der Waals surface area contributed by atoms with Gasteiger partial charge in [0.2, 0.25) is 0 Å². The number of carboxylic acid groups (broad SMARTS) is 1. The lowest BCUT2D eigenvalue weighted by molar-refractivity contribution is -0.137. The van der Waals surface area contributed by atoms with Gasteiger partial charge >= 0.3 is 5.97 Å². The van der Waals surface area contributed by atoms with Crippen LogP contribution in [-0.2, 0) is 4.79 Å². The second-order valence-corrected chi connectivity index (χ2v) is 2.09. The number of carbonyl (C=O) groups is 1. The lowest BCUT2D eigenvalue weighted by atomic mass is 10.3. The summed E-state index contributed by atoms with van der Waals surface area (Å²) in [5.41, 5.74) is 0. The molecule has 5 heteroatoms. The summed E-state index contributed by atoms with van der Waals surface area (Å²) in [6.45, 7) is 1.52. The highest BCUT2D eigenvalue weighted by molar-refractivity contribution is 5.76. The smallest absolute Gasteiger partial charge is 0.325 e. The molecule has 0 fully saturated rings. The van der Waals surface area contributed by atoms with Crippen molar-refractivity contribution in [3.8, 4) is 0 Å². The molecule has 1 aromatic heterocycles. The molecule has 0 aromatic carbocycles. The van der Waals surface area contributed by atoms with Crippen molar-refractivity contribution in [3.63, 3.8) is 0 Å². The molecule has 0 aliphatic rings. The Balaban J connectivity index is 2.50. The Labute approximate surface area is 63.0 Å². The summed E-state index contributed by atoms with van der Waals surface area (Å²) in [4.78, 5) is 10.3. The monoisotopic (exact) mass is 156 g/mol. The SMILES string of the molecule is CC(Nc1ccon1)C(=O)O. The first kappa shape index (κ1) is 7.59. The maximum Gasteiger partial charge on any atom is 0.325 e. The molecule has 1 aromatic rings. The second-order valence-electron chi connectivity index (χ2n) is 2.09. The van der Waals surface area contributed by atoms with Crippen LogP contribution in [0.4, 0.5) is 5.82 Å². The van der Waals surface area contributed by atoms with Gasteiger partial charge in [0.05, 0.1) is 0 Å². The first-order chi connectivity index (χ1) is 5.20. The molecule has 5 nitrogen and oxygen atoms in total. The molecule has 1 heterocycles. The highest BCUT2D eigenvalue weighted by Crippen LogP contribution is 2.02. The lowest BCUT2D eigenvalue weighted by Gasteiger charge is -2.05. The second kappa shape index (κ2) is 3.05. The molecule has 0 saturated heterocycles. The van der Waals surface area contributed by atoms with Crippen molar-refractivity contribution in [1.82, 2.24) is 5.16 Å². The van der Waals surface area contributed by atoms with Gasteiger partial charge in [-0.05, 0) is 6.92 Å². The summed E-state index contributed by atoms with van der Waals surface area (Å²) in [6, 6.07) is 0.902. The van der Waals surface area contributed by atoms with Crippen LogP contribution < -0.4 is 5.32 Å². The van der Waals surface area contributed by atoms with Gasteiger partial charge in [-0.2, -0.15) is 0 Å². The Bertz CT molecular complexity index is 232. The predicted octanol–water partition coefficient (Wildman–Crippen LogP) is 0.560. The standard InChI is InChI=1S/C6H8N2O3/c1-4(6(9)10)7-5-2-3-11-8-5/h2-4H,1H3,(H,7,8)(H,9,10). The first-order valence-corrected chi connectivity index (χ1v) is 3.10. The maximum absolute atomic E-state index is 10.3. The number of carboxylic acids is 1. The summed E-state index contributed by atoms with van der Waals surface area (Å²) in [5, 5.41) is 14.6. The molecule has 1 atom stereocenters. The minimum Gasteiger partial charge on any atom is -0.480 e. The minimum atomic E-state index is -0.923. The van der Waals surface area contributed by atoms with Gasteiger partial charge in [-0.3, -0.25) is 4.79 Å². The summed E-state index contributed by atoms with van der Waals surface area (Å²) in [7, 11) is 0. The molecule has 11 heavy (non-hydrogen) atoms. The highest BCUT2D eigenvalue weighted by Gasteiger charge is 2.10. The van der Waals surface area contributed by atoms with E-state index in [0.29, 0.717) is 5.82 Å². The number of hydrogen-bond donors (Lipinski definition) is 2. The number of anilines is 1. The molecular formula is C6H8N2O3. The van der Waals surface area contributed by atoms with Crippen LogP contribution in [0.25, 0.3) is 0 Å². The third-order valence-corrected chi connectivity index (χ3v) is 1.17. The summed E-state index contributed by atoms with van der Waals surface area (Å²) in [6.07, 6.45) is 1.37. The molecule has 0 radical (unpaired) electrons. The Hall–Kier alpha value is -1.52. The largest absolute Gasteiger partial charge is 0.480 e. The maximum atomic E-state index is 10.3. The molecule has 1 rings (SSSR count). The summed E-state index contributed by atoms with van der Waals surface area (Å²) in [5.74, 6) is -0.493. The van der Waals surface area contributed by atoms with Crippen LogP contribution in [-0.4, -0.2) is 22.3 Å². The third kappa shape index (κ3) is 1.96. The van der Waals surface area contributed by atoms with Crippen molar-refractivity contribution in [1.29, 1.82) is 0 Å². The zero-order valence-corrected chi connectivity index (χ0v) is 5.94. The van der Waals surface area contributed by atoms with Gasteiger partial charge in [0.1, 0.15) is 12.3 Å². The lowest BCUT2D eigenvalue weighted by Crippen LogP contribution is -2.25. The van der Waals surface area contributed by atoms with Gasteiger partial charge in [0.15, 0.2) is 5.82 Å². The van der Waals surface area contributed by atoms with Gasteiger partial charge in [-0.15, -0.1) is 0 Å². The number of nitrogens with one attached hydrogen (secondary N) is 1. The number of rotatable bonds is 3. The van der Waals surface area contributed by atoms with E-state index in [9.17, 15) is 4.79 Å². The Morgan fingerprint density at radius 2 is 2.64 bits per heavy atom. The van der Waals surface area contributed by atoms with E-state index in [1.807, 2.05) is 0 Å². The van der Waals surface area contributed by atoms with Crippen LogP contribution in [0.5, 0.6) is 0 Å². The van der Waals surface area contributed by atoms with E-state index >= 15 is 0 Å². The summed E-state index contributed by atoms with van der Waals surface area (Å²) < 4.78 is 4.49. The fourth-order valence-corrected chi connectivity index (χ4v) is 0.571. The van der Waals surface area contributed by atoms with Crippen LogP contribution in [0, 0.1) is 0 Å². The van der Waals surface area contributed by atoms with Gasteiger partial charge < -0.3 is 14.9 Å². The van der Waals surface area contributed by atoms with Crippen LogP contribution in [0.3, 0.4) is 0 Å².